The van der Waals surface area contributed by atoms with Gasteiger partial charge in [0.05, 0.1) is 4.90 Å². The van der Waals surface area contributed by atoms with Gasteiger partial charge in [-0.3, -0.25) is 0 Å². The van der Waals surface area contributed by atoms with Gasteiger partial charge in [0.2, 0.25) is 10.0 Å². The summed E-state index contributed by atoms with van der Waals surface area (Å²) in [6, 6.07) is 7.22. The summed E-state index contributed by atoms with van der Waals surface area (Å²) >= 11 is 0. The second-order valence-corrected chi connectivity index (χ2v) is 6.42. The van der Waals surface area contributed by atoms with Crippen molar-refractivity contribution in [2.24, 2.45) is 0 Å². The first kappa shape index (κ1) is 14.2. The van der Waals surface area contributed by atoms with Crippen molar-refractivity contribution in [2.45, 2.75) is 24.8 Å². The Hall–Kier alpha value is -1.17. The smallest absolute Gasteiger partial charge is 0.243 e. The molecule has 2 rings (SSSR count). The summed E-state index contributed by atoms with van der Waals surface area (Å²) in [5.41, 5.74) is 0.832. The van der Waals surface area contributed by atoms with E-state index in [-0.39, 0.29) is 0 Å². The van der Waals surface area contributed by atoms with Gasteiger partial charge in [0.1, 0.15) is 0 Å². The number of hydrogen-bond donors (Lipinski definition) is 1. The van der Waals surface area contributed by atoms with Crippen molar-refractivity contribution in [3.63, 3.8) is 0 Å². The second-order valence-electron chi connectivity index (χ2n) is 4.51. The van der Waals surface area contributed by atoms with Crippen LogP contribution in [0.5, 0.6) is 0 Å². The van der Waals surface area contributed by atoms with Crippen LogP contribution in [0.4, 0.5) is 0 Å². The fraction of sp³-hybridized carbons (Fsp3) is 0.429. The van der Waals surface area contributed by atoms with Gasteiger partial charge >= 0.3 is 0 Å². The Labute approximate surface area is 115 Å². The first-order chi connectivity index (χ1) is 9.16. The molecule has 0 aliphatic carbocycles. The number of nitrogens with zero attached hydrogens (tertiary/aromatic N) is 1. The molecule has 1 aromatic rings. The van der Waals surface area contributed by atoms with Crippen LogP contribution >= 0.6 is 0 Å². The van der Waals surface area contributed by atoms with Crippen molar-refractivity contribution in [1.29, 1.82) is 0 Å². The highest BCUT2D eigenvalue weighted by atomic mass is 32.2. The summed E-state index contributed by atoms with van der Waals surface area (Å²) < 4.78 is 26.8. The Kier molecular flexibility index (Phi) is 4.74. The molecule has 1 aliphatic rings. The molecule has 0 spiro atoms. The van der Waals surface area contributed by atoms with Crippen LogP contribution in [0, 0.1) is 0 Å². The van der Waals surface area contributed by atoms with Crippen LogP contribution in [0.2, 0.25) is 0 Å². The third-order valence-electron chi connectivity index (χ3n) is 3.18. The Morgan fingerprint density at radius 2 is 2.05 bits per heavy atom. The number of hydrogen-bond acceptors (Lipinski definition) is 3. The van der Waals surface area contributed by atoms with Gasteiger partial charge in [0.25, 0.3) is 0 Å². The summed E-state index contributed by atoms with van der Waals surface area (Å²) in [4.78, 5) is 0.422. The lowest BCUT2D eigenvalue weighted by Gasteiger charge is -2.24. The molecule has 0 atom stereocenters. The lowest BCUT2D eigenvalue weighted by molar-refractivity contribution is 0.436. The molecule has 0 amide bonds. The van der Waals surface area contributed by atoms with Crippen LogP contribution in [0.3, 0.4) is 0 Å². The maximum absolute atomic E-state index is 12.6. The minimum atomic E-state index is -3.38. The van der Waals surface area contributed by atoms with Crippen molar-refractivity contribution < 1.29 is 8.42 Å². The molecule has 1 heterocycles. The van der Waals surface area contributed by atoms with Gasteiger partial charge in [0.15, 0.2) is 0 Å². The normalized spacial score (nSPS) is 16.7. The Morgan fingerprint density at radius 3 is 2.74 bits per heavy atom. The molecule has 0 aromatic heterocycles. The van der Waals surface area contributed by atoms with Gasteiger partial charge in [-0.25, -0.2) is 8.42 Å². The predicted octanol–water partition coefficient (Wildman–Crippen LogP) is 1.75. The molecule has 0 radical (unpaired) electrons. The lowest BCUT2D eigenvalue weighted by atomic mass is 10.2. The second kappa shape index (κ2) is 6.32. The first-order valence-electron chi connectivity index (χ1n) is 6.60. The van der Waals surface area contributed by atoms with Crippen LogP contribution in [0.25, 0.3) is 0 Å². The van der Waals surface area contributed by atoms with Crippen LogP contribution in [-0.2, 0) is 16.6 Å². The molecule has 5 heteroatoms. The highest BCUT2D eigenvalue weighted by Crippen LogP contribution is 2.21. The summed E-state index contributed by atoms with van der Waals surface area (Å²) in [7, 11) is -3.38. The monoisotopic (exact) mass is 280 g/mol. The molecule has 19 heavy (non-hydrogen) atoms. The topological polar surface area (TPSA) is 49.4 Å². The zero-order valence-electron chi connectivity index (χ0n) is 11.2. The third kappa shape index (κ3) is 3.23. The number of benzene rings is 1. The molecule has 0 unspecified atom stereocenters. The van der Waals surface area contributed by atoms with Crippen LogP contribution < -0.4 is 5.32 Å². The number of nitrogens with one attached hydrogen (secondary N) is 1. The zero-order valence-corrected chi connectivity index (χ0v) is 12.0. The standard InChI is InChI=1S/C14H20N2O2S/c1-2-15-12-13-8-4-5-9-14(13)19(17,18)16-10-6-3-7-11-16/h3-6,8-9,15H,2,7,10-12H2,1H3. The minimum Gasteiger partial charge on any atom is -0.313 e. The number of sulfonamides is 1. The third-order valence-corrected chi connectivity index (χ3v) is 5.14. The van der Waals surface area contributed by atoms with E-state index in [0.717, 1.165) is 18.5 Å². The lowest BCUT2D eigenvalue weighted by Crippen LogP contribution is -2.34. The molecule has 4 nitrogen and oxygen atoms in total. The van der Waals surface area contributed by atoms with Crippen molar-refractivity contribution in [1.82, 2.24) is 9.62 Å². The number of rotatable bonds is 5. The summed E-state index contributed by atoms with van der Waals surface area (Å²) in [6.45, 7) is 4.44. The average Bonchev–Trinajstić information content (AvgIpc) is 2.46. The molecule has 104 valence electrons. The van der Waals surface area contributed by atoms with Crippen molar-refractivity contribution in [3.05, 3.63) is 42.0 Å². The van der Waals surface area contributed by atoms with E-state index in [1.807, 2.05) is 31.2 Å². The molecule has 1 aliphatic heterocycles. The van der Waals surface area contributed by atoms with Crippen LogP contribution in [0.1, 0.15) is 18.9 Å². The maximum Gasteiger partial charge on any atom is 0.243 e. The quantitative estimate of drug-likeness (QED) is 0.836. The molecular formula is C14H20N2O2S. The largest absolute Gasteiger partial charge is 0.313 e. The van der Waals surface area contributed by atoms with Crippen molar-refractivity contribution in [2.75, 3.05) is 19.6 Å². The van der Waals surface area contributed by atoms with Crippen LogP contribution in [-0.4, -0.2) is 32.4 Å². The van der Waals surface area contributed by atoms with Gasteiger partial charge in [-0.1, -0.05) is 37.3 Å². The molecule has 1 aromatic carbocycles. The Bertz CT molecular complexity index is 552. The van der Waals surface area contributed by atoms with Gasteiger partial charge in [-0.15, -0.1) is 0 Å². The molecule has 0 saturated carbocycles. The Morgan fingerprint density at radius 1 is 1.26 bits per heavy atom. The predicted molar refractivity (Wildman–Crippen MR) is 76.3 cm³/mol. The van der Waals surface area contributed by atoms with E-state index in [9.17, 15) is 8.42 Å². The summed E-state index contributed by atoms with van der Waals surface area (Å²) in [5.74, 6) is 0. The SMILES string of the molecule is CCNCc1ccccc1S(=O)(=O)N1CC=CCC1. The van der Waals surface area contributed by atoms with E-state index >= 15 is 0 Å². The van der Waals surface area contributed by atoms with E-state index in [0.29, 0.717) is 24.5 Å². The van der Waals surface area contributed by atoms with Gasteiger partial charge < -0.3 is 5.32 Å². The molecule has 1 N–H and O–H groups in total. The Balaban J connectivity index is 2.31. The van der Waals surface area contributed by atoms with Crippen molar-refractivity contribution in [3.8, 4) is 0 Å². The highest BCUT2D eigenvalue weighted by Gasteiger charge is 2.26. The summed E-state index contributed by atoms with van der Waals surface area (Å²) in [5, 5.41) is 3.18. The molecule has 0 saturated heterocycles. The highest BCUT2D eigenvalue weighted by molar-refractivity contribution is 7.89. The van der Waals surface area contributed by atoms with E-state index in [1.54, 1.807) is 12.1 Å². The molecule has 0 fully saturated rings. The average molecular weight is 280 g/mol. The van der Waals surface area contributed by atoms with Crippen molar-refractivity contribution >= 4 is 10.0 Å². The minimum absolute atomic E-state index is 0.422. The van der Waals surface area contributed by atoms with Gasteiger partial charge in [-0.2, -0.15) is 4.31 Å². The van der Waals surface area contributed by atoms with E-state index in [4.69, 9.17) is 0 Å². The van der Waals surface area contributed by atoms with Gasteiger partial charge in [0, 0.05) is 19.6 Å². The summed E-state index contributed by atoms with van der Waals surface area (Å²) in [6.07, 6.45) is 4.72. The fourth-order valence-corrected chi connectivity index (χ4v) is 3.77. The van der Waals surface area contributed by atoms with E-state index in [1.165, 1.54) is 4.31 Å². The van der Waals surface area contributed by atoms with E-state index in [2.05, 4.69) is 5.32 Å². The fourth-order valence-electron chi connectivity index (χ4n) is 2.14. The zero-order chi connectivity index (χ0) is 13.7. The van der Waals surface area contributed by atoms with Gasteiger partial charge in [-0.05, 0) is 24.6 Å². The maximum atomic E-state index is 12.6. The molecular weight excluding hydrogens is 260 g/mol. The van der Waals surface area contributed by atoms with Crippen LogP contribution in [0.15, 0.2) is 41.3 Å². The van der Waals surface area contributed by atoms with E-state index < -0.39 is 10.0 Å². The molecule has 0 bridgehead atoms. The first-order valence-corrected chi connectivity index (χ1v) is 8.04.